The maximum Gasteiger partial charge on any atom is 0.240 e. The molecule has 0 bridgehead atoms. The van der Waals surface area contributed by atoms with Gasteiger partial charge < -0.3 is 20.4 Å². The number of benzene rings is 2. The van der Waals surface area contributed by atoms with Gasteiger partial charge in [0.15, 0.2) is 0 Å². The number of fused-ring (bicyclic) bond motifs is 1. The number of carbonyl (C=O) groups excluding carboxylic acids is 1. The zero-order chi connectivity index (χ0) is 18.5. The minimum atomic E-state index is -0.112. The van der Waals surface area contributed by atoms with E-state index in [1.807, 2.05) is 35.8 Å². The summed E-state index contributed by atoms with van der Waals surface area (Å²) in [7, 11) is 0. The van der Waals surface area contributed by atoms with Crippen LogP contribution in [0.4, 0.5) is 0 Å². The van der Waals surface area contributed by atoms with Crippen LogP contribution in [-0.2, 0) is 17.9 Å². The molecule has 0 saturated heterocycles. The van der Waals surface area contributed by atoms with Crippen molar-refractivity contribution in [3.8, 4) is 5.75 Å². The second kappa shape index (κ2) is 9.60. The van der Waals surface area contributed by atoms with Crippen LogP contribution in [0.5, 0.6) is 5.75 Å². The number of amides is 1. The number of imidazole rings is 1. The minimum absolute atomic E-state index is 0. The Hall–Kier alpha value is -2.28. The quantitative estimate of drug-likeness (QED) is 0.628. The third-order valence-corrected chi connectivity index (χ3v) is 4.23. The van der Waals surface area contributed by atoms with E-state index in [2.05, 4.69) is 10.3 Å². The van der Waals surface area contributed by atoms with Crippen LogP contribution in [0.3, 0.4) is 0 Å². The highest BCUT2D eigenvalue weighted by molar-refractivity contribution is 6.30. The van der Waals surface area contributed by atoms with Gasteiger partial charge in [-0.05, 0) is 43.3 Å². The van der Waals surface area contributed by atoms with Crippen LogP contribution < -0.4 is 15.8 Å². The number of para-hydroxylation sites is 2. The Bertz CT molecular complexity index is 896. The predicted octanol–water partition coefficient (Wildman–Crippen LogP) is 3.15. The number of rotatable bonds is 7. The first-order chi connectivity index (χ1) is 12.6. The number of nitrogens with two attached hydrogens (primary N) is 1. The molecule has 27 heavy (non-hydrogen) atoms. The van der Waals surface area contributed by atoms with Gasteiger partial charge in [-0.1, -0.05) is 23.7 Å². The molecule has 0 unspecified atom stereocenters. The molecule has 1 aromatic heterocycles. The third kappa shape index (κ3) is 5.35. The molecule has 0 aliphatic rings. The molecule has 1 heterocycles. The molecule has 0 radical (unpaired) electrons. The summed E-state index contributed by atoms with van der Waals surface area (Å²) < 4.78 is 7.67. The zero-order valence-electron chi connectivity index (χ0n) is 14.9. The average molecular weight is 409 g/mol. The van der Waals surface area contributed by atoms with Crippen LogP contribution in [0.15, 0.2) is 48.5 Å². The normalized spacial score (nSPS) is 11.7. The topological polar surface area (TPSA) is 82.2 Å². The van der Waals surface area contributed by atoms with Crippen molar-refractivity contribution in [2.75, 3.05) is 6.54 Å². The molecule has 0 aliphatic carbocycles. The highest BCUT2D eigenvalue weighted by Crippen LogP contribution is 2.20. The highest BCUT2D eigenvalue weighted by Gasteiger charge is 2.15. The van der Waals surface area contributed by atoms with E-state index >= 15 is 0 Å². The van der Waals surface area contributed by atoms with E-state index in [1.165, 1.54) is 0 Å². The molecule has 0 fully saturated rings. The molecule has 1 atom stereocenters. The van der Waals surface area contributed by atoms with E-state index < -0.39 is 0 Å². The average Bonchev–Trinajstić information content (AvgIpc) is 2.98. The molecular formula is C19H22Cl2N4O2. The molecule has 3 rings (SSSR count). The summed E-state index contributed by atoms with van der Waals surface area (Å²) in [4.78, 5) is 16.9. The SMILES string of the molecule is C[C@@H](CN)NC(=O)Cn1c(COc2ccc(Cl)cc2)nc2ccccc21.Cl. The summed E-state index contributed by atoms with van der Waals surface area (Å²) >= 11 is 5.89. The number of hydrogen-bond donors (Lipinski definition) is 2. The van der Waals surface area contributed by atoms with Crippen LogP contribution in [0.1, 0.15) is 12.7 Å². The van der Waals surface area contributed by atoms with Crippen LogP contribution >= 0.6 is 24.0 Å². The van der Waals surface area contributed by atoms with Gasteiger partial charge in [0.2, 0.25) is 5.91 Å². The Morgan fingerprint density at radius 1 is 1.26 bits per heavy atom. The summed E-state index contributed by atoms with van der Waals surface area (Å²) in [6.07, 6.45) is 0. The fourth-order valence-corrected chi connectivity index (χ4v) is 2.74. The van der Waals surface area contributed by atoms with Crippen molar-refractivity contribution in [1.29, 1.82) is 0 Å². The van der Waals surface area contributed by atoms with Crippen molar-refractivity contribution in [1.82, 2.24) is 14.9 Å². The Balaban J connectivity index is 0.00000261. The maximum absolute atomic E-state index is 12.3. The standard InChI is InChI=1S/C19H21ClN4O2.ClH/c1-13(10-21)22-19(25)11-24-17-5-3-2-4-16(17)23-18(24)12-26-15-8-6-14(20)7-9-15;/h2-9,13H,10-12,21H2,1H3,(H,22,25);1H/t13-;/m0./s1. The van der Waals surface area contributed by atoms with Gasteiger partial charge in [0.05, 0.1) is 11.0 Å². The predicted molar refractivity (Wildman–Crippen MR) is 109 cm³/mol. The molecule has 0 spiro atoms. The molecule has 0 aliphatic heterocycles. The number of hydrogen-bond acceptors (Lipinski definition) is 4. The van der Waals surface area contributed by atoms with E-state index in [0.29, 0.717) is 23.1 Å². The second-order valence-electron chi connectivity index (χ2n) is 6.05. The summed E-state index contributed by atoms with van der Waals surface area (Å²) in [5, 5.41) is 3.52. The lowest BCUT2D eigenvalue weighted by atomic mass is 10.3. The van der Waals surface area contributed by atoms with E-state index in [4.69, 9.17) is 22.1 Å². The van der Waals surface area contributed by atoms with Gasteiger partial charge in [-0.15, -0.1) is 12.4 Å². The lowest BCUT2D eigenvalue weighted by molar-refractivity contribution is -0.122. The number of nitrogens with zero attached hydrogens (tertiary/aromatic N) is 2. The first kappa shape index (κ1) is 21.0. The Kier molecular flexibility index (Phi) is 7.47. The third-order valence-electron chi connectivity index (χ3n) is 3.98. The zero-order valence-corrected chi connectivity index (χ0v) is 16.5. The summed E-state index contributed by atoms with van der Waals surface area (Å²) in [5.41, 5.74) is 7.28. The number of halogens is 2. The highest BCUT2D eigenvalue weighted by atomic mass is 35.5. The first-order valence-electron chi connectivity index (χ1n) is 8.38. The number of aromatic nitrogens is 2. The van der Waals surface area contributed by atoms with Gasteiger partial charge >= 0.3 is 0 Å². The molecule has 3 aromatic rings. The molecule has 3 N–H and O–H groups in total. The molecule has 144 valence electrons. The van der Waals surface area contributed by atoms with Gasteiger partial charge in [-0.3, -0.25) is 4.79 Å². The first-order valence-corrected chi connectivity index (χ1v) is 8.76. The minimum Gasteiger partial charge on any atom is -0.486 e. The van der Waals surface area contributed by atoms with Crippen molar-refractivity contribution in [3.05, 3.63) is 59.4 Å². The molecule has 6 nitrogen and oxygen atoms in total. The van der Waals surface area contributed by atoms with Crippen molar-refractivity contribution < 1.29 is 9.53 Å². The van der Waals surface area contributed by atoms with Crippen LogP contribution in [0, 0.1) is 0 Å². The van der Waals surface area contributed by atoms with E-state index in [9.17, 15) is 4.79 Å². The summed E-state index contributed by atoms with van der Waals surface area (Å²) in [6, 6.07) is 14.7. The van der Waals surface area contributed by atoms with Crippen molar-refractivity contribution >= 4 is 40.9 Å². The van der Waals surface area contributed by atoms with Gasteiger partial charge in [0.1, 0.15) is 24.7 Å². The molecule has 1 amide bonds. The van der Waals surface area contributed by atoms with E-state index in [1.54, 1.807) is 24.3 Å². The number of nitrogens with one attached hydrogen (secondary N) is 1. The lowest BCUT2D eigenvalue weighted by Gasteiger charge is -2.14. The van der Waals surface area contributed by atoms with Gasteiger partial charge in [0, 0.05) is 17.6 Å². The number of ether oxygens (including phenoxy) is 1. The van der Waals surface area contributed by atoms with Gasteiger partial charge in [-0.2, -0.15) is 0 Å². The lowest BCUT2D eigenvalue weighted by Crippen LogP contribution is -2.39. The van der Waals surface area contributed by atoms with Crippen molar-refractivity contribution in [2.45, 2.75) is 26.1 Å². The molecule has 0 saturated carbocycles. The smallest absolute Gasteiger partial charge is 0.240 e. The monoisotopic (exact) mass is 408 g/mol. The Labute approximate surface area is 169 Å². The van der Waals surface area contributed by atoms with Crippen LogP contribution in [-0.4, -0.2) is 28.0 Å². The largest absolute Gasteiger partial charge is 0.486 e. The Morgan fingerprint density at radius 3 is 2.67 bits per heavy atom. The second-order valence-corrected chi connectivity index (χ2v) is 6.49. The van der Waals surface area contributed by atoms with Gasteiger partial charge in [0.25, 0.3) is 0 Å². The van der Waals surface area contributed by atoms with Crippen LogP contribution in [0.25, 0.3) is 11.0 Å². The maximum atomic E-state index is 12.3. The summed E-state index contributed by atoms with van der Waals surface area (Å²) in [6.45, 7) is 2.66. The van der Waals surface area contributed by atoms with E-state index in [0.717, 1.165) is 11.0 Å². The van der Waals surface area contributed by atoms with Crippen LogP contribution in [0.2, 0.25) is 5.02 Å². The van der Waals surface area contributed by atoms with Gasteiger partial charge in [-0.25, -0.2) is 4.98 Å². The summed E-state index contributed by atoms with van der Waals surface area (Å²) in [5.74, 6) is 1.25. The fraction of sp³-hybridized carbons (Fsp3) is 0.263. The van der Waals surface area contributed by atoms with Crippen molar-refractivity contribution in [3.63, 3.8) is 0 Å². The fourth-order valence-electron chi connectivity index (χ4n) is 2.61. The number of carbonyl (C=O) groups is 1. The molecule has 2 aromatic carbocycles. The van der Waals surface area contributed by atoms with Crippen molar-refractivity contribution in [2.24, 2.45) is 5.73 Å². The molecule has 8 heteroatoms. The Morgan fingerprint density at radius 2 is 1.96 bits per heavy atom. The van der Waals surface area contributed by atoms with E-state index in [-0.39, 0.29) is 37.5 Å². The molecular weight excluding hydrogens is 387 g/mol.